The molecule has 7 heteroatoms. The second kappa shape index (κ2) is 9.91. The summed E-state index contributed by atoms with van der Waals surface area (Å²) in [7, 11) is 0. The molecule has 0 atom stereocenters. The van der Waals surface area contributed by atoms with Gasteiger partial charge in [0.15, 0.2) is 0 Å². The summed E-state index contributed by atoms with van der Waals surface area (Å²) in [6.45, 7) is 0. The third kappa shape index (κ3) is 5.14. The maximum Gasteiger partial charge on any atom is 0.0658 e. The van der Waals surface area contributed by atoms with Crippen LogP contribution >= 0.6 is 0 Å². The largest absolute Gasteiger partial charge is 0.361 e. The van der Waals surface area contributed by atoms with Crippen molar-refractivity contribution in [2.75, 3.05) is 0 Å². The molecule has 8 heterocycles. The molecule has 5 aromatic heterocycles. The Labute approximate surface area is 240 Å². The molecular weight excluding hydrogens is 518 g/mol. The zero-order valence-corrected chi connectivity index (χ0v) is 22.5. The minimum Gasteiger partial charge on any atom is -0.361 e. The van der Waals surface area contributed by atoms with E-state index in [0.717, 1.165) is 78.0 Å². The van der Waals surface area contributed by atoms with Gasteiger partial charge in [-0.2, -0.15) is 0 Å². The van der Waals surface area contributed by atoms with Crippen molar-refractivity contribution in [1.82, 2.24) is 34.9 Å². The SMILES string of the molecule is C1=Cc2cc3ccc(cc4c[nH]c(cc5nc(cc6ccc(cc7nc(cc8cc(c[nH]8)cc1n2)C=C7)[nH]6)C=C5)c4)[nH]3. The Kier molecular flexibility index (Phi) is 5.64. The van der Waals surface area contributed by atoms with Gasteiger partial charge in [0, 0.05) is 45.5 Å². The van der Waals surface area contributed by atoms with Crippen LogP contribution in [0.2, 0.25) is 0 Å². The monoisotopic (exact) mass is 543 g/mol. The molecule has 0 unspecified atom stereocenters. The van der Waals surface area contributed by atoms with E-state index in [4.69, 9.17) is 15.0 Å². The van der Waals surface area contributed by atoms with Gasteiger partial charge in [-0.15, -0.1) is 0 Å². The van der Waals surface area contributed by atoms with E-state index in [9.17, 15) is 0 Å². The average Bonchev–Trinajstić information content (AvgIpc) is 3.80. The molecule has 3 aliphatic heterocycles. The molecule has 4 N–H and O–H groups in total. The van der Waals surface area contributed by atoms with Gasteiger partial charge in [0.25, 0.3) is 0 Å². The van der Waals surface area contributed by atoms with Crippen LogP contribution in [0.1, 0.15) is 34.2 Å². The molecule has 0 aromatic carbocycles. The first-order valence-corrected chi connectivity index (χ1v) is 13.7. The first kappa shape index (κ1) is 23.9. The molecule has 14 bridgehead atoms. The zero-order chi connectivity index (χ0) is 27.9. The van der Waals surface area contributed by atoms with E-state index in [1.807, 2.05) is 73.1 Å². The Hall–Kier alpha value is -5.95. The smallest absolute Gasteiger partial charge is 0.0658 e. The molecule has 5 aromatic rings. The predicted molar refractivity (Wildman–Crippen MR) is 173 cm³/mol. The molecule has 7 nitrogen and oxygen atoms in total. The van der Waals surface area contributed by atoms with Gasteiger partial charge in [-0.3, -0.25) is 0 Å². The maximum atomic E-state index is 4.77. The number of aromatic nitrogens is 7. The Balaban J connectivity index is 1.29. The van der Waals surface area contributed by atoms with E-state index in [-0.39, 0.29) is 0 Å². The Morgan fingerprint density at radius 1 is 0.333 bits per heavy atom. The normalized spacial score (nSPS) is 12.5. The number of nitrogens with zero attached hydrogens (tertiary/aromatic N) is 3. The summed E-state index contributed by atoms with van der Waals surface area (Å²) < 4.78 is 0. The summed E-state index contributed by atoms with van der Waals surface area (Å²) in [5.74, 6) is 0. The molecule has 0 amide bonds. The van der Waals surface area contributed by atoms with Crippen molar-refractivity contribution >= 4 is 80.3 Å². The summed E-state index contributed by atoms with van der Waals surface area (Å²) in [6.07, 6.45) is 16.1. The van der Waals surface area contributed by atoms with Gasteiger partial charge < -0.3 is 19.9 Å². The zero-order valence-electron chi connectivity index (χ0n) is 22.5. The lowest BCUT2D eigenvalue weighted by molar-refractivity contribution is 1.31. The Bertz CT molecular complexity index is 2160. The Morgan fingerprint density at radius 2 is 0.643 bits per heavy atom. The van der Waals surface area contributed by atoms with Gasteiger partial charge in [0.05, 0.1) is 34.2 Å². The molecule has 0 spiro atoms. The van der Waals surface area contributed by atoms with Crippen LogP contribution in [0.3, 0.4) is 0 Å². The third-order valence-corrected chi connectivity index (χ3v) is 7.12. The van der Waals surface area contributed by atoms with Crippen molar-refractivity contribution in [3.8, 4) is 0 Å². The minimum atomic E-state index is 0.894. The minimum absolute atomic E-state index is 0.894. The lowest BCUT2D eigenvalue weighted by atomic mass is 10.3. The summed E-state index contributed by atoms with van der Waals surface area (Å²) in [6, 6.07) is 26.8. The van der Waals surface area contributed by atoms with Gasteiger partial charge >= 0.3 is 0 Å². The predicted octanol–water partition coefficient (Wildman–Crippen LogP) is 8.31. The lowest BCUT2D eigenvalue weighted by Crippen LogP contribution is -1.74. The van der Waals surface area contributed by atoms with Crippen molar-refractivity contribution < 1.29 is 0 Å². The van der Waals surface area contributed by atoms with Crippen molar-refractivity contribution in [1.29, 1.82) is 0 Å². The van der Waals surface area contributed by atoms with E-state index < -0.39 is 0 Å². The van der Waals surface area contributed by atoms with Crippen LogP contribution in [-0.4, -0.2) is 34.9 Å². The molecule has 0 radical (unpaired) electrons. The van der Waals surface area contributed by atoms with Crippen LogP contribution in [0.15, 0.2) is 91.3 Å². The van der Waals surface area contributed by atoms with E-state index >= 15 is 0 Å². The van der Waals surface area contributed by atoms with Crippen LogP contribution in [0, 0.1) is 0 Å². The highest BCUT2D eigenvalue weighted by molar-refractivity contribution is 5.79. The Morgan fingerprint density at radius 3 is 1.07 bits per heavy atom. The molecular formula is C35H25N7. The van der Waals surface area contributed by atoms with Crippen LogP contribution in [-0.2, 0) is 0 Å². The molecule has 42 heavy (non-hydrogen) atoms. The van der Waals surface area contributed by atoms with Crippen LogP contribution in [0.25, 0.3) is 80.3 Å². The fourth-order valence-corrected chi connectivity index (χ4v) is 5.20. The lowest BCUT2D eigenvalue weighted by Gasteiger charge is -1.84. The number of hydrogen-bond donors (Lipinski definition) is 4. The fourth-order valence-electron chi connectivity index (χ4n) is 5.20. The van der Waals surface area contributed by atoms with E-state index in [1.54, 1.807) is 0 Å². The van der Waals surface area contributed by atoms with Crippen LogP contribution < -0.4 is 0 Å². The second-order valence-corrected chi connectivity index (χ2v) is 10.4. The number of aromatic amines is 4. The quantitative estimate of drug-likeness (QED) is 0.155. The second-order valence-electron chi connectivity index (χ2n) is 10.4. The number of fused-ring (bicyclic) bond motifs is 14. The molecule has 0 saturated heterocycles. The summed E-state index contributed by atoms with van der Waals surface area (Å²) in [5, 5.41) is 2.13. The first-order valence-electron chi connectivity index (χ1n) is 13.7. The standard InChI is InChI=1S/C35H25N7/c1-3-26-15-27-4-2-25(39-27)12-23-14-35(37-21-23)19-33-10-8-31(42-33)17-29-6-5-28(40-29)16-30-7-9-32(41-30)18-34-13-22(20-36-34)11-24(1)38-26/h1-21,36-38,40H. The van der Waals surface area contributed by atoms with E-state index in [2.05, 4.69) is 74.5 Å². The first-order chi connectivity index (χ1) is 20.6. The topological polar surface area (TPSA) is 102 Å². The number of hydrogen-bond acceptors (Lipinski definition) is 3. The van der Waals surface area contributed by atoms with Crippen molar-refractivity contribution in [3.63, 3.8) is 0 Å². The van der Waals surface area contributed by atoms with Crippen molar-refractivity contribution in [2.24, 2.45) is 0 Å². The number of H-pyrrole nitrogens is 4. The van der Waals surface area contributed by atoms with Gasteiger partial charge in [-0.05, 0) is 126 Å². The summed E-state index contributed by atoms with van der Waals surface area (Å²) >= 11 is 0. The molecule has 8 rings (SSSR count). The molecule has 0 saturated carbocycles. The molecule has 200 valence electrons. The van der Waals surface area contributed by atoms with Gasteiger partial charge in [-0.25, -0.2) is 15.0 Å². The molecule has 0 fully saturated rings. The van der Waals surface area contributed by atoms with Crippen molar-refractivity contribution in [2.45, 2.75) is 0 Å². The molecule has 0 aliphatic carbocycles. The fraction of sp³-hybridized carbons (Fsp3) is 0. The number of nitrogens with one attached hydrogen (secondary N) is 4. The third-order valence-electron chi connectivity index (χ3n) is 7.12. The highest BCUT2D eigenvalue weighted by atomic mass is 14.8. The van der Waals surface area contributed by atoms with Crippen molar-refractivity contribution in [3.05, 3.63) is 125 Å². The molecule has 3 aliphatic rings. The number of rotatable bonds is 0. The van der Waals surface area contributed by atoms with Crippen LogP contribution in [0.5, 0.6) is 0 Å². The van der Waals surface area contributed by atoms with E-state index in [1.165, 1.54) is 0 Å². The summed E-state index contributed by atoms with van der Waals surface area (Å²) in [5.41, 5.74) is 11.4. The highest BCUT2D eigenvalue weighted by Crippen LogP contribution is 2.18. The maximum absolute atomic E-state index is 4.77. The summed E-state index contributed by atoms with van der Waals surface area (Å²) in [4.78, 5) is 27.9. The average molecular weight is 544 g/mol. The van der Waals surface area contributed by atoms with Gasteiger partial charge in [0.1, 0.15) is 0 Å². The van der Waals surface area contributed by atoms with E-state index in [0.29, 0.717) is 0 Å². The highest BCUT2D eigenvalue weighted by Gasteiger charge is 2.02. The van der Waals surface area contributed by atoms with Crippen LogP contribution in [0.4, 0.5) is 0 Å². The van der Waals surface area contributed by atoms with Gasteiger partial charge in [-0.1, -0.05) is 0 Å². The van der Waals surface area contributed by atoms with Gasteiger partial charge in [0.2, 0.25) is 0 Å².